The van der Waals surface area contributed by atoms with Crippen LogP contribution in [-0.4, -0.2) is 47.5 Å². The van der Waals surface area contributed by atoms with Crippen LogP contribution in [0.25, 0.3) is 0 Å². The molecular weight excluding hydrogens is 364 g/mol. The molecule has 9 heteroatoms. The number of hydrogen-bond donors (Lipinski definition) is 2. The van der Waals surface area contributed by atoms with Crippen molar-refractivity contribution in [2.24, 2.45) is 0 Å². The molecule has 2 amide bonds. The second-order valence-corrected chi connectivity index (χ2v) is 6.80. The minimum atomic E-state index is -0.452. The van der Waals surface area contributed by atoms with Gasteiger partial charge < -0.3 is 24.5 Å². The lowest BCUT2D eigenvalue weighted by atomic mass is 10.2. The van der Waals surface area contributed by atoms with E-state index in [0.717, 1.165) is 19.3 Å². The van der Waals surface area contributed by atoms with Gasteiger partial charge in [0.2, 0.25) is 0 Å². The van der Waals surface area contributed by atoms with Gasteiger partial charge in [-0.2, -0.15) is 5.10 Å². The predicted octanol–water partition coefficient (Wildman–Crippen LogP) is 2.58. The molecule has 2 N–H and O–H groups in total. The number of carbonyl (C=O) groups excluding carboxylic acids is 2. The van der Waals surface area contributed by atoms with Crippen LogP contribution in [0.4, 0.5) is 5.69 Å². The molecule has 0 bridgehead atoms. The van der Waals surface area contributed by atoms with E-state index in [-0.39, 0.29) is 23.8 Å². The Labute approximate surface area is 163 Å². The van der Waals surface area contributed by atoms with Crippen LogP contribution in [0.3, 0.4) is 0 Å². The molecule has 152 valence electrons. The summed E-state index contributed by atoms with van der Waals surface area (Å²) in [5, 5.41) is 9.84. The van der Waals surface area contributed by atoms with Crippen LogP contribution in [0.15, 0.2) is 29.0 Å². The lowest BCUT2D eigenvalue weighted by Gasteiger charge is -2.22. The smallest absolute Gasteiger partial charge is 0.291 e. The average Bonchev–Trinajstić information content (AvgIpc) is 3.36. The van der Waals surface area contributed by atoms with Crippen molar-refractivity contribution >= 4 is 17.5 Å². The molecule has 0 saturated carbocycles. The Bertz CT molecular complexity index is 778. The molecule has 0 spiro atoms. The number of rotatable bonds is 8. The Hall–Kier alpha value is -2.65. The van der Waals surface area contributed by atoms with Crippen LogP contribution < -0.4 is 10.6 Å². The standard InChI is InChI=1S/C19H26N4O5/c1-13(2)26-11-8-20-19(25)17-14(21-18(24)15-6-5-10-27-15)12-23(22-17)16-7-3-4-9-28-16/h5-6,10,12-13,16H,3-4,7-9,11H2,1-2H3,(H,20,25)(H,21,24). The van der Waals surface area contributed by atoms with Crippen LogP contribution in [0.2, 0.25) is 0 Å². The predicted molar refractivity (Wildman–Crippen MR) is 101 cm³/mol. The van der Waals surface area contributed by atoms with E-state index in [0.29, 0.717) is 25.4 Å². The minimum absolute atomic E-state index is 0.0858. The monoisotopic (exact) mass is 390 g/mol. The normalized spacial score (nSPS) is 16.9. The highest BCUT2D eigenvalue weighted by Gasteiger charge is 2.24. The summed E-state index contributed by atoms with van der Waals surface area (Å²) in [5.41, 5.74) is 0.427. The van der Waals surface area contributed by atoms with Crippen LogP contribution in [-0.2, 0) is 9.47 Å². The van der Waals surface area contributed by atoms with Crippen molar-refractivity contribution in [2.75, 3.05) is 25.1 Å². The Kier molecular flexibility index (Phi) is 6.83. The molecule has 28 heavy (non-hydrogen) atoms. The van der Waals surface area contributed by atoms with E-state index >= 15 is 0 Å². The molecule has 2 aromatic rings. The average molecular weight is 390 g/mol. The highest BCUT2D eigenvalue weighted by atomic mass is 16.5. The largest absolute Gasteiger partial charge is 0.459 e. The van der Waals surface area contributed by atoms with Crippen molar-refractivity contribution < 1.29 is 23.5 Å². The van der Waals surface area contributed by atoms with Gasteiger partial charge in [-0.15, -0.1) is 0 Å². The minimum Gasteiger partial charge on any atom is -0.459 e. The van der Waals surface area contributed by atoms with E-state index in [2.05, 4.69) is 15.7 Å². The van der Waals surface area contributed by atoms with Crippen LogP contribution in [0.1, 0.15) is 60.4 Å². The third-order valence-corrected chi connectivity index (χ3v) is 4.23. The third-order valence-electron chi connectivity index (χ3n) is 4.23. The molecule has 9 nitrogen and oxygen atoms in total. The van der Waals surface area contributed by atoms with Gasteiger partial charge in [0.1, 0.15) is 6.23 Å². The number of hydrogen-bond acceptors (Lipinski definition) is 6. The molecule has 0 aromatic carbocycles. The fraction of sp³-hybridized carbons (Fsp3) is 0.526. The van der Waals surface area contributed by atoms with Gasteiger partial charge in [0, 0.05) is 13.2 Å². The van der Waals surface area contributed by atoms with Crippen LogP contribution in [0.5, 0.6) is 0 Å². The summed E-state index contributed by atoms with van der Waals surface area (Å²) < 4.78 is 17.9. The molecule has 1 aliphatic rings. The topological polar surface area (TPSA) is 108 Å². The second-order valence-electron chi connectivity index (χ2n) is 6.80. The SMILES string of the molecule is CC(C)OCCNC(=O)c1nn(C2CCCCO2)cc1NC(=O)c1ccco1. The molecule has 3 rings (SSSR count). The first kappa shape index (κ1) is 20.1. The number of amides is 2. The first-order valence-electron chi connectivity index (χ1n) is 9.50. The van der Waals surface area contributed by atoms with Crippen molar-refractivity contribution in [1.29, 1.82) is 0 Å². The van der Waals surface area contributed by atoms with Gasteiger partial charge in [0.25, 0.3) is 11.8 Å². The molecule has 1 fully saturated rings. The van der Waals surface area contributed by atoms with Gasteiger partial charge in [-0.05, 0) is 45.2 Å². The first-order chi connectivity index (χ1) is 13.5. The zero-order valence-corrected chi connectivity index (χ0v) is 16.1. The Morgan fingerprint density at radius 2 is 2.21 bits per heavy atom. The molecule has 2 aromatic heterocycles. The van der Waals surface area contributed by atoms with Crippen molar-refractivity contribution in [2.45, 2.75) is 45.4 Å². The molecule has 1 saturated heterocycles. The van der Waals surface area contributed by atoms with Gasteiger partial charge in [-0.3, -0.25) is 9.59 Å². The summed E-state index contributed by atoms with van der Waals surface area (Å²) in [6.45, 7) is 5.23. The van der Waals surface area contributed by atoms with Gasteiger partial charge in [-0.25, -0.2) is 4.68 Å². The van der Waals surface area contributed by atoms with Gasteiger partial charge in [0.15, 0.2) is 11.5 Å². The molecular formula is C19H26N4O5. The van der Waals surface area contributed by atoms with Gasteiger partial charge in [-0.1, -0.05) is 0 Å². The highest BCUT2D eigenvalue weighted by Crippen LogP contribution is 2.25. The highest BCUT2D eigenvalue weighted by molar-refractivity contribution is 6.06. The number of furan rings is 1. The van der Waals surface area contributed by atoms with Crippen LogP contribution >= 0.6 is 0 Å². The summed E-state index contributed by atoms with van der Waals surface area (Å²) in [6.07, 6.45) is 5.70. The van der Waals surface area contributed by atoms with E-state index in [1.54, 1.807) is 23.0 Å². The number of anilines is 1. The number of nitrogens with zero attached hydrogens (tertiary/aromatic N) is 2. The second kappa shape index (κ2) is 9.52. The first-order valence-corrected chi connectivity index (χ1v) is 9.50. The van der Waals surface area contributed by atoms with Crippen molar-refractivity contribution in [1.82, 2.24) is 15.1 Å². The number of carbonyl (C=O) groups is 2. The summed E-state index contributed by atoms with van der Waals surface area (Å²) in [7, 11) is 0. The van der Waals surface area contributed by atoms with Crippen molar-refractivity contribution in [3.05, 3.63) is 36.0 Å². The van der Waals surface area contributed by atoms with E-state index in [1.807, 2.05) is 13.8 Å². The van der Waals surface area contributed by atoms with Gasteiger partial charge in [0.05, 0.1) is 30.9 Å². The molecule has 3 heterocycles. The lowest BCUT2D eigenvalue weighted by Crippen LogP contribution is -2.29. The number of aromatic nitrogens is 2. The zero-order valence-electron chi connectivity index (χ0n) is 16.1. The third kappa shape index (κ3) is 5.20. The summed E-state index contributed by atoms with van der Waals surface area (Å²) in [6, 6.07) is 3.17. The van der Waals surface area contributed by atoms with E-state index in [9.17, 15) is 9.59 Å². The fourth-order valence-corrected chi connectivity index (χ4v) is 2.87. The van der Waals surface area contributed by atoms with E-state index in [4.69, 9.17) is 13.9 Å². The maximum absolute atomic E-state index is 12.6. The molecule has 0 radical (unpaired) electrons. The quantitative estimate of drug-likeness (QED) is 0.671. The molecule has 1 aliphatic heterocycles. The van der Waals surface area contributed by atoms with E-state index in [1.165, 1.54) is 6.26 Å². The summed E-state index contributed by atoms with van der Waals surface area (Å²) >= 11 is 0. The van der Waals surface area contributed by atoms with E-state index < -0.39 is 11.8 Å². The molecule has 0 aliphatic carbocycles. The van der Waals surface area contributed by atoms with Gasteiger partial charge >= 0.3 is 0 Å². The molecule has 1 atom stereocenters. The summed E-state index contributed by atoms with van der Waals surface area (Å²) in [4.78, 5) is 25.0. The fourth-order valence-electron chi connectivity index (χ4n) is 2.87. The van der Waals surface area contributed by atoms with Crippen LogP contribution in [0, 0.1) is 0 Å². The number of ether oxygens (including phenoxy) is 2. The maximum Gasteiger partial charge on any atom is 0.291 e. The molecule has 1 unspecified atom stereocenters. The number of nitrogens with one attached hydrogen (secondary N) is 2. The maximum atomic E-state index is 12.6. The van der Waals surface area contributed by atoms with Crippen molar-refractivity contribution in [3.63, 3.8) is 0 Å². The Morgan fingerprint density at radius 3 is 2.89 bits per heavy atom. The Morgan fingerprint density at radius 1 is 1.36 bits per heavy atom. The lowest BCUT2D eigenvalue weighted by molar-refractivity contribution is -0.0395. The summed E-state index contributed by atoms with van der Waals surface area (Å²) in [5.74, 6) is -0.693. The zero-order chi connectivity index (χ0) is 19.9. The Balaban J connectivity index is 1.74. The van der Waals surface area contributed by atoms with Crippen molar-refractivity contribution in [3.8, 4) is 0 Å².